The van der Waals surface area contributed by atoms with Crippen LogP contribution in [-0.2, 0) is 6.54 Å². The normalized spacial score (nSPS) is 17.4. The number of hydrogen-bond donors (Lipinski definition) is 2. The summed E-state index contributed by atoms with van der Waals surface area (Å²) < 4.78 is 5.70. The zero-order valence-corrected chi connectivity index (χ0v) is 12.9. The van der Waals surface area contributed by atoms with Crippen molar-refractivity contribution in [2.24, 2.45) is 0 Å². The number of rotatable bonds is 7. The quantitative estimate of drug-likeness (QED) is 0.757. The van der Waals surface area contributed by atoms with E-state index in [0.29, 0.717) is 17.4 Å². The molecular weight excluding hydrogens is 274 g/mol. The van der Waals surface area contributed by atoms with Crippen molar-refractivity contribution in [2.75, 3.05) is 13.2 Å². The second-order valence-corrected chi connectivity index (χ2v) is 6.07. The number of halogens is 1. The first-order valence-electron chi connectivity index (χ1n) is 7.47. The molecule has 0 saturated heterocycles. The maximum absolute atomic E-state index is 10.3. The summed E-state index contributed by atoms with van der Waals surface area (Å²) in [4.78, 5) is 0. The number of benzene rings is 1. The van der Waals surface area contributed by atoms with Gasteiger partial charge in [-0.05, 0) is 43.5 Å². The monoisotopic (exact) mass is 297 g/mol. The highest BCUT2D eigenvalue weighted by molar-refractivity contribution is 6.32. The highest BCUT2D eigenvalue weighted by Crippen LogP contribution is 2.32. The zero-order valence-electron chi connectivity index (χ0n) is 12.1. The molecule has 0 bridgehead atoms. The summed E-state index contributed by atoms with van der Waals surface area (Å²) in [6.07, 6.45) is 4.92. The third kappa shape index (κ3) is 4.37. The van der Waals surface area contributed by atoms with Crippen molar-refractivity contribution in [3.8, 4) is 5.75 Å². The van der Waals surface area contributed by atoms with Gasteiger partial charge in [0.15, 0.2) is 0 Å². The first kappa shape index (κ1) is 15.6. The molecule has 1 aliphatic rings. The van der Waals surface area contributed by atoms with Crippen LogP contribution in [0.2, 0.25) is 5.02 Å². The van der Waals surface area contributed by atoms with Gasteiger partial charge >= 0.3 is 0 Å². The Balaban J connectivity index is 1.88. The molecule has 0 aliphatic heterocycles. The molecule has 3 nitrogen and oxygen atoms in total. The van der Waals surface area contributed by atoms with E-state index in [1.54, 1.807) is 0 Å². The van der Waals surface area contributed by atoms with E-state index >= 15 is 0 Å². The molecule has 0 radical (unpaired) electrons. The fourth-order valence-electron chi connectivity index (χ4n) is 2.57. The average Bonchev–Trinajstić information content (AvgIpc) is 2.85. The van der Waals surface area contributed by atoms with Crippen LogP contribution in [0, 0.1) is 0 Å². The zero-order chi connectivity index (χ0) is 14.4. The minimum absolute atomic E-state index is 0.333. The van der Waals surface area contributed by atoms with Gasteiger partial charge in [-0.3, -0.25) is 0 Å². The Bertz CT molecular complexity index is 430. The predicted octanol–water partition coefficient (Wildman–Crippen LogP) is 3.52. The van der Waals surface area contributed by atoms with Crippen molar-refractivity contribution in [1.29, 1.82) is 0 Å². The third-order valence-electron chi connectivity index (χ3n) is 3.78. The molecule has 1 fully saturated rings. The lowest BCUT2D eigenvalue weighted by Crippen LogP contribution is -2.32. The summed E-state index contributed by atoms with van der Waals surface area (Å²) in [6.45, 7) is 4.30. The number of aliphatic hydroxyl groups is 1. The van der Waals surface area contributed by atoms with E-state index in [2.05, 4.69) is 12.2 Å². The molecule has 0 heterocycles. The van der Waals surface area contributed by atoms with Crippen molar-refractivity contribution < 1.29 is 9.84 Å². The Morgan fingerprint density at radius 1 is 1.35 bits per heavy atom. The summed E-state index contributed by atoms with van der Waals surface area (Å²) >= 11 is 6.24. The molecule has 2 N–H and O–H groups in total. The third-order valence-corrected chi connectivity index (χ3v) is 4.08. The van der Waals surface area contributed by atoms with Gasteiger partial charge in [0.25, 0.3) is 0 Å². The van der Waals surface area contributed by atoms with E-state index in [1.165, 1.54) is 0 Å². The number of nitrogens with one attached hydrogen (secondary N) is 1. The predicted molar refractivity (Wildman–Crippen MR) is 82.4 cm³/mol. The Kier molecular flexibility index (Phi) is 5.70. The second-order valence-electron chi connectivity index (χ2n) is 5.66. The van der Waals surface area contributed by atoms with Crippen molar-refractivity contribution in [3.63, 3.8) is 0 Å². The molecule has 1 aromatic carbocycles. The van der Waals surface area contributed by atoms with E-state index in [0.717, 1.165) is 50.8 Å². The molecule has 0 spiro atoms. The highest BCUT2D eigenvalue weighted by atomic mass is 35.5. The number of ether oxygens (including phenoxy) is 1. The second kappa shape index (κ2) is 7.30. The number of hydrogen-bond acceptors (Lipinski definition) is 3. The van der Waals surface area contributed by atoms with Gasteiger partial charge in [0.2, 0.25) is 0 Å². The summed E-state index contributed by atoms with van der Waals surface area (Å²) in [6, 6.07) is 5.84. The molecular formula is C16H24ClNO2. The maximum Gasteiger partial charge on any atom is 0.138 e. The van der Waals surface area contributed by atoms with E-state index in [9.17, 15) is 5.11 Å². The van der Waals surface area contributed by atoms with E-state index in [1.807, 2.05) is 18.2 Å². The van der Waals surface area contributed by atoms with E-state index in [-0.39, 0.29) is 0 Å². The van der Waals surface area contributed by atoms with E-state index in [4.69, 9.17) is 16.3 Å². The van der Waals surface area contributed by atoms with Gasteiger partial charge in [0.1, 0.15) is 12.4 Å². The fourth-order valence-corrected chi connectivity index (χ4v) is 2.83. The molecule has 1 aromatic rings. The standard InChI is InChI=1S/C16H24ClNO2/c1-2-9-18-11-13-5-6-15(14(17)10-13)20-12-16(19)7-3-4-8-16/h5-6,10,18-19H,2-4,7-9,11-12H2,1H3. The lowest BCUT2D eigenvalue weighted by atomic mass is 10.0. The first-order valence-corrected chi connectivity index (χ1v) is 7.85. The Hall–Kier alpha value is -0.770. The minimum Gasteiger partial charge on any atom is -0.489 e. The van der Waals surface area contributed by atoms with Crippen LogP contribution in [0.4, 0.5) is 0 Å². The molecule has 1 saturated carbocycles. The lowest BCUT2D eigenvalue weighted by molar-refractivity contribution is 0.00144. The van der Waals surface area contributed by atoms with Crippen LogP contribution in [0.5, 0.6) is 5.75 Å². The van der Waals surface area contributed by atoms with Crippen molar-refractivity contribution in [2.45, 2.75) is 51.2 Å². The van der Waals surface area contributed by atoms with Crippen LogP contribution in [0.15, 0.2) is 18.2 Å². The molecule has 0 aromatic heterocycles. The van der Waals surface area contributed by atoms with Crippen LogP contribution in [0.1, 0.15) is 44.6 Å². The van der Waals surface area contributed by atoms with Gasteiger partial charge in [0.05, 0.1) is 10.6 Å². The highest BCUT2D eigenvalue weighted by Gasteiger charge is 2.32. The lowest BCUT2D eigenvalue weighted by Gasteiger charge is -2.22. The van der Waals surface area contributed by atoms with Gasteiger partial charge in [-0.25, -0.2) is 0 Å². The summed E-state index contributed by atoms with van der Waals surface area (Å²) in [7, 11) is 0. The van der Waals surface area contributed by atoms with Crippen molar-refractivity contribution >= 4 is 11.6 Å². The summed E-state index contributed by atoms with van der Waals surface area (Å²) in [5.74, 6) is 0.659. The van der Waals surface area contributed by atoms with Crippen LogP contribution in [0.25, 0.3) is 0 Å². The minimum atomic E-state index is -0.662. The summed E-state index contributed by atoms with van der Waals surface area (Å²) in [5.41, 5.74) is 0.486. The Morgan fingerprint density at radius 3 is 2.75 bits per heavy atom. The molecule has 0 atom stereocenters. The van der Waals surface area contributed by atoms with Gasteiger partial charge < -0.3 is 15.2 Å². The molecule has 0 unspecified atom stereocenters. The smallest absolute Gasteiger partial charge is 0.138 e. The topological polar surface area (TPSA) is 41.5 Å². The van der Waals surface area contributed by atoms with Crippen molar-refractivity contribution in [1.82, 2.24) is 5.32 Å². The van der Waals surface area contributed by atoms with Gasteiger partial charge in [-0.2, -0.15) is 0 Å². The Morgan fingerprint density at radius 2 is 2.10 bits per heavy atom. The van der Waals surface area contributed by atoms with Crippen LogP contribution < -0.4 is 10.1 Å². The maximum atomic E-state index is 10.3. The van der Waals surface area contributed by atoms with Gasteiger partial charge in [0, 0.05) is 6.54 Å². The van der Waals surface area contributed by atoms with Crippen molar-refractivity contribution in [3.05, 3.63) is 28.8 Å². The SMILES string of the molecule is CCCNCc1ccc(OCC2(O)CCCC2)c(Cl)c1. The Labute approximate surface area is 126 Å². The largest absolute Gasteiger partial charge is 0.489 e. The molecule has 2 rings (SSSR count). The van der Waals surface area contributed by atoms with Crippen LogP contribution in [0.3, 0.4) is 0 Å². The van der Waals surface area contributed by atoms with Crippen LogP contribution in [-0.4, -0.2) is 23.9 Å². The molecule has 20 heavy (non-hydrogen) atoms. The van der Waals surface area contributed by atoms with E-state index < -0.39 is 5.60 Å². The molecule has 112 valence electrons. The van der Waals surface area contributed by atoms with Gasteiger partial charge in [-0.15, -0.1) is 0 Å². The molecule has 1 aliphatic carbocycles. The summed E-state index contributed by atoms with van der Waals surface area (Å²) in [5, 5.41) is 14.2. The first-order chi connectivity index (χ1) is 9.63. The van der Waals surface area contributed by atoms with Gasteiger partial charge in [-0.1, -0.05) is 37.4 Å². The van der Waals surface area contributed by atoms with Crippen LogP contribution >= 0.6 is 11.6 Å². The fraction of sp³-hybridized carbons (Fsp3) is 0.625. The molecule has 4 heteroatoms. The average molecular weight is 298 g/mol. The molecule has 0 amide bonds.